The summed E-state index contributed by atoms with van der Waals surface area (Å²) in [4.78, 5) is 29.1. The number of benzene rings is 3. The number of nitrogens with one attached hydrogen (secondary N) is 1. The maximum absolute atomic E-state index is 14.1. The Bertz CT molecular complexity index is 1340. The van der Waals surface area contributed by atoms with Crippen LogP contribution in [0.5, 0.6) is 0 Å². The number of hydrogen-bond acceptors (Lipinski definition) is 4. The molecule has 0 aromatic heterocycles. The molecule has 0 heterocycles. The van der Waals surface area contributed by atoms with Crippen LogP contribution in [0.1, 0.15) is 42.0 Å². The molecular formula is C31H39N3O4S. The van der Waals surface area contributed by atoms with Crippen molar-refractivity contribution in [2.75, 3.05) is 23.7 Å². The summed E-state index contributed by atoms with van der Waals surface area (Å²) in [6, 6.07) is 23.6. The highest BCUT2D eigenvalue weighted by Crippen LogP contribution is 2.24. The van der Waals surface area contributed by atoms with Crippen molar-refractivity contribution in [2.45, 2.75) is 52.6 Å². The fourth-order valence-electron chi connectivity index (χ4n) is 4.52. The van der Waals surface area contributed by atoms with Crippen molar-refractivity contribution in [1.29, 1.82) is 0 Å². The van der Waals surface area contributed by atoms with E-state index in [2.05, 4.69) is 5.32 Å². The first kappa shape index (κ1) is 29.9. The molecule has 0 saturated heterocycles. The molecule has 8 heteroatoms. The summed E-state index contributed by atoms with van der Waals surface area (Å²) in [7, 11) is -3.79. The van der Waals surface area contributed by atoms with Crippen LogP contribution in [0.25, 0.3) is 0 Å². The average molecular weight is 550 g/mol. The highest BCUT2D eigenvalue weighted by Gasteiger charge is 2.33. The molecule has 0 bridgehead atoms. The molecule has 208 valence electrons. The van der Waals surface area contributed by atoms with Crippen molar-refractivity contribution >= 4 is 27.5 Å². The van der Waals surface area contributed by atoms with E-state index in [0.29, 0.717) is 18.7 Å². The maximum atomic E-state index is 14.1. The molecule has 3 aromatic rings. The number of carbonyl (C=O) groups is 2. The minimum Gasteiger partial charge on any atom is -0.354 e. The Balaban J connectivity index is 2.03. The van der Waals surface area contributed by atoms with E-state index in [9.17, 15) is 18.0 Å². The van der Waals surface area contributed by atoms with Gasteiger partial charge in [0.25, 0.3) is 0 Å². The minimum absolute atomic E-state index is 0.169. The quantitative estimate of drug-likeness (QED) is 0.315. The summed E-state index contributed by atoms with van der Waals surface area (Å²) in [5.41, 5.74) is 3.95. The molecule has 0 spiro atoms. The van der Waals surface area contributed by atoms with Crippen LogP contribution in [0.4, 0.5) is 5.69 Å². The van der Waals surface area contributed by atoms with E-state index in [-0.39, 0.29) is 12.5 Å². The lowest BCUT2D eigenvalue weighted by Gasteiger charge is -2.34. The third-order valence-corrected chi connectivity index (χ3v) is 7.72. The predicted octanol–water partition coefficient (Wildman–Crippen LogP) is 4.63. The molecule has 0 aliphatic rings. The molecule has 0 aliphatic heterocycles. The van der Waals surface area contributed by atoms with Gasteiger partial charge in [-0.15, -0.1) is 0 Å². The molecule has 0 fully saturated rings. The van der Waals surface area contributed by atoms with Gasteiger partial charge in [0.15, 0.2) is 0 Å². The van der Waals surface area contributed by atoms with Crippen LogP contribution >= 0.6 is 0 Å². The second-order valence-electron chi connectivity index (χ2n) is 9.92. The number of anilines is 1. The van der Waals surface area contributed by atoms with Gasteiger partial charge in [-0.25, -0.2) is 8.42 Å². The van der Waals surface area contributed by atoms with Gasteiger partial charge in [0.1, 0.15) is 12.6 Å². The molecule has 1 atom stereocenters. The zero-order valence-electron chi connectivity index (χ0n) is 23.3. The lowest BCUT2D eigenvalue weighted by molar-refractivity contribution is -0.140. The number of carbonyl (C=O) groups excluding carboxylic acids is 2. The van der Waals surface area contributed by atoms with Gasteiger partial charge in [0.2, 0.25) is 21.8 Å². The number of aryl methyl sites for hydroxylation is 2. The Morgan fingerprint density at radius 3 is 2.08 bits per heavy atom. The first-order chi connectivity index (χ1) is 18.6. The summed E-state index contributed by atoms with van der Waals surface area (Å²) in [5, 5.41) is 2.99. The van der Waals surface area contributed by atoms with E-state index in [0.717, 1.165) is 45.7 Å². The predicted molar refractivity (Wildman–Crippen MR) is 157 cm³/mol. The third kappa shape index (κ3) is 8.68. The van der Waals surface area contributed by atoms with E-state index in [1.807, 2.05) is 93.6 Å². The number of sulfonamides is 1. The third-order valence-electron chi connectivity index (χ3n) is 6.60. The highest BCUT2D eigenvalue weighted by atomic mass is 32.2. The van der Waals surface area contributed by atoms with Crippen molar-refractivity contribution in [3.8, 4) is 0 Å². The topological polar surface area (TPSA) is 86.8 Å². The molecular weight excluding hydrogens is 510 g/mol. The number of hydrogen-bond donors (Lipinski definition) is 1. The molecule has 2 amide bonds. The zero-order valence-corrected chi connectivity index (χ0v) is 24.1. The minimum atomic E-state index is -3.79. The molecule has 0 aliphatic carbocycles. The largest absolute Gasteiger partial charge is 0.354 e. The van der Waals surface area contributed by atoms with Crippen molar-refractivity contribution in [2.24, 2.45) is 0 Å². The highest BCUT2D eigenvalue weighted by molar-refractivity contribution is 7.92. The second-order valence-corrected chi connectivity index (χ2v) is 11.8. The van der Waals surface area contributed by atoms with E-state index in [1.54, 1.807) is 6.07 Å². The molecule has 3 rings (SSSR count). The van der Waals surface area contributed by atoms with Crippen molar-refractivity contribution in [3.63, 3.8) is 0 Å². The van der Waals surface area contributed by atoms with E-state index < -0.39 is 28.5 Å². The van der Waals surface area contributed by atoms with Crippen LogP contribution in [0.2, 0.25) is 0 Å². The van der Waals surface area contributed by atoms with Gasteiger partial charge < -0.3 is 10.2 Å². The Kier molecular flexibility index (Phi) is 10.7. The molecule has 39 heavy (non-hydrogen) atoms. The Hall–Kier alpha value is -3.65. The first-order valence-corrected chi connectivity index (χ1v) is 15.1. The number of rotatable bonds is 13. The first-order valence-electron chi connectivity index (χ1n) is 13.3. The average Bonchev–Trinajstić information content (AvgIpc) is 2.90. The lowest BCUT2D eigenvalue weighted by Crippen LogP contribution is -2.53. The number of amides is 2. The van der Waals surface area contributed by atoms with Gasteiger partial charge in [-0.1, -0.05) is 91.7 Å². The number of nitrogens with zero attached hydrogens (tertiary/aromatic N) is 2. The molecule has 0 radical (unpaired) electrons. The standard InChI is InChI=1S/C31H39N3O4S/c1-5-6-19-32-31(36)29(21-26-13-9-7-10-14-26)33(22-27-15-11-8-12-16-27)30(35)23-34(39(4,37)38)28-18-17-24(2)20-25(28)3/h7-18,20,29H,5-6,19,21-23H2,1-4H3,(H,32,36)/t29-/m1/s1. The van der Waals surface area contributed by atoms with Crippen LogP contribution in [-0.2, 0) is 32.6 Å². The van der Waals surface area contributed by atoms with Gasteiger partial charge in [-0.2, -0.15) is 0 Å². The van der Waals surface area contributed by atoms with E-state index in [4.69, 9.17) is 0 Å². The Labute approximate surface area is 232 Å². The van der Waals surface area contributed by atoms with Crippen LogP contribution in [0.3, 0.4) is 0 Å². The van der Waals surface area contributed by atoms with Gasteiger partial charge in [-0.05, 0) is 43.0 Å². The van der Waals surface area contributed by atoms with Crippen LogP contribution in [0, 0.1) is 13.8 Å². The Morgan fingerprint density at radius 1 is 0.897 bits per heavy atom. The van der Waals surface area contributed by atoms with Gasteiger partial charge >= 0.3 is 0 Å². The molecule has 3 aromatic carbocycles. The summed E-state index contributed by atoms with van der Waals surface area (Å²) >= 11 is 0. The summed E-state index contributed by atoms with van der Waals surface area (Å²) < 4.78 is 27.0. The van der Waals surface area contributed by atoms with Crippen LogP contribution in [0.15, 0.2) is 78.9 Å². The normalized spacial score (nSPS) is 12.0. The maximum Gasteiger partial charge on any atom is 0.244 e. The zero-order chi connectivity index (χ0) is 28.4. The van der Waals surface area contributed by atoms with Gasteiger partial charge in [0.05, 0.1) is 11.9 Å². The summed E-state index contributed by atoms with van der Waals surface area (Å²) in [5.74, 6) is -0.704. The van der Waals surface area contributed by atoms with Gasteiger partial charge in [0, 0.05) is 19.5 Å². The van der Waals surface area contributed by atoms with Crippen molar-refractivity contribution < 1.29 is 18.0 Å². The molecule has 0 unspecified atom stereocenters. The smallest absolute Gasteiger partial charge is 0.244 e. The summed E-state index contributed by atoms with van der Waals surface area (Å²) in [6.07, 6.45) is 3.15. The fraction of sp³-hybridized carbons (Fsp3) is 0.355. The van der Waals surface area contributed by atoms with E-state index >= 15 is 0 Å². The van der Waals surface area contributed by atoms with Gasteiger partial charge in [-0.3, -0.25) is 13.9 Å². The van der Waals surface area contributed by atoms with E-state index in [1.165, 1.54) is 4.90 Å². The fourth-order valence-corrected chi connectivity index (χ4v) is 5.43. The van der Waals surface area contributed by atoms with Crippen LogP contribution in [-0.4, -0.2) is 50.5 Å². The van der Waals surface area contributed by atoms with Crippen molar-refractivity contribution in [1.82, 2.24) is 10.2 Å². The number of unbranched alkanes of at least 4 members (excludes halogenated alkanes) is 1. The van der Waals surface area contributed by atoms with Crippen LogP contribution < -0.4 is 9.62 Å². The molecule has 1 N–H and O–H groups in total. The van der Waals surface area contributed by atoms with Crippen molar-refractivity contribution in [3.05, 3.63) is 101 Å². The molecule has 7 nitrogen and oxygen atoms in total. The molecule has 0 saturated carbocycles. The SMILES string of the molecule is CCCCNC(=O)[C@@H](Cc1ccccc1)N(Cc1ccccc1)C(=O)CN(c1ccc(C)cc1C)S(C)(=O)=O. The second kappa shape index (κ2) is 13.9. The monoisotopic (exact) mass is 549 g/mol. The lowest BCUT2D eigenvalue weighted by atomic mass is 10.0. The Morgan fingerprint density at radius 2 is 1.51 bits per heavy atom. The summed E-state index contributed by atoms with van der Waals surface area (Å²) in [6.45, 7) is 6.06.